The molecule has 0 radical (unpaired) electrons. The molecule has 0 aliphatic carbocycles. The van der Waals surface area contributed by atoms with Gasteiger partial charge in [-0.1, -0.05) is 54.4 Å². The standard InChI is InChI=1S/C22H31ClNO3PS/c1-18(27-28(25)26)13-14-24-17-20-11-12-22(21(23)16-20)29-15-7-3-6-10-19-8-4-2-5-9-19/h2,4-5,8-9,11-12,16,18,24,28H,3,6-7,10,13-15,17H2,1H3,(H,25,26). The Morgan fingerprint density at radius 1 is 1.14 bits per heavy atom. The van der Waals surface area contributed by atoms with E-state index in [1.165, 1.54) is 24.8 Å². The topological polar surface area (TPSA) is 58.6 Å². The van der Waals surface area contributed by atoms with Crippen LogP contribution in [0, 0.1) is 0 Å². The van der Waals surface area contributed by atoms with Crippen molar-refractivity contribution in [2.24, 2.45) is 0 Å². The zero-order valence-electron chi connectivity index (χ0n) is 16.9. The summed E-state index contributed by atoms with van der Waals surface area (Å²) in [4.78, 5) is 9.89. The molecule has 0 saturated carbocycles. The molecule has 2 unspecified atom stereocenters. The summed E-state index contributed by atoms with van der Waals surface area (Å²) in [7, 11) is -2.86. The summed E-state index contributed by atoms with van der Waals surface area (Å²) in [6.07, 6.45) is 5.25. The van der Waals surface area contributed by atoms with Gasteiger partial charge in [-0.2, -0.15) is 0 Å². The van der Waals surface area contributed by atoms with Crippen molar-refractivity contribution in [1.82, 2.24) is 5.32 Å². The third-order valence-electron chi connectivity index (χ3n) is 4.57. The molecular formula is C22H31ClNO3PS. The second-order valence-corrected chi connectivity index (χ2v) is 9.38. The largest absolute Gasteiger partial charge is 0.326 e. The summed E-state index contributed by atoms with van der Waals surface area (Å²) in [6, 6.07) is 16.9. The minimum atomic E-state index is -2.86. The third-order valence-corrected chi connectivity index (χ3v) is 6.75. The maximum atomic E-state index is 10.6. The molecule has 2 aromatic carbocycles. The van der Waals surface area contributed by atoms with Gasteiger partial charge >= 0.3 is 8.25 Å². The Morgan fingerprint density at radius 2 is 1.93 bits per heavy atom. The van der Waals surface area contributed by atoms with E-state index in [0.29, 0.717) is 19.5 Å². The van der Waals surface area contributed by atoms with Gasteiger partial charge < -0.3 is 14.7 Å². The molecule has 2 atom stereocenters. The van der Waals surface area contributed by atoms with Crippen LogP contribution >= 0.6 is 31.6 Å². The van der Waals surface area contributed by atoms with E-state index in [9.17, 15) is 4.57 Å². The minimum absolute atomic E-state index is 0.228. The Balaban J connectivity index is 1.60. The Labute approximate surface area is 184 Å². The average molecular weight is 456 g/mol. The van der Waals surface area contributed by atoms with E-state index in [1.807, 2.05) is 17.8 Å². The summed E-state index contributed by atoms with van der Waals surface area (Å²) in [5, 5.41) is 4.11. The lowest BCUT2D eigenvalue weighted by molar-refractivity contribution is 0.195. The molecule has 0 amide bonds. The molecule has 0 heterocycles. The number of rotatable bonds is 14. The first-order valence-electron chi connectivity index (χ1n) is 10.1. The first-order valence-corrected chi connectivity index (χ1v) is 12.7. The van der Waals surface area contributed by atoms with Gasteiger partial charge in [0.05, 0.1) is 11.1 Å². The van der Waals surface area contributed by atoms with Crippen LogP contribution in [-0.4, -0.2) is 23.3 Å². The van der Waals surface area contributed by atoms with E-state index in [1.54, 1.807) is 6.92 Å². The van der Waals surface area contributed by atoms with Crippen LogP contribution in [0.4, 0.5) is 0 Å². The Morgan fingerprint density at radius 3 is 2.66 bits per heavy atom. The number of hydrogen-bond donors (Lipinski definition) is 2. The number of thioether (sulfide) groups is 1. The molecule has 0 aliphatic heterocycles. The highest BCUT2D eigenvalue weighted by atomic mass is 35.5. The predicted molar refractivity (Wildman–Crippen MR) is 124 cm³/mol. The molecule has 4 nitrogen and oxygen atoms in total. The van der Waals surface area contributed by atoms with Gasteiger partial charge in [-0.25, -0.2) is 0 Å². The van der Waals surface area contributed by atoms with Crippen LogP contribution in [0.3, 0.4) is 0 Å². The van der Waals surface area contributed by atoms with Crippen LogP contribution in [-0.2, 0) is 22.1 Å². The highest BCUT2D eigenvalue weighted by Gasteiger charge is 2.06. The molecule has 0 saturated heterocycles. The van der Waals surface area contributed by atoms with Crippen LogP contribution < -0.4 is 5.32 Å². The smallest absolute Gasteiger partial charge is 0.316 e. The van der Waals surface area contributed by atoms with Gasteiger partial charge in [-0.15, -0.1) is 11.8 Å². The molecule has 2 aromatic rings. The molecule has 7 heteroatoms. The molecule has 0 bridgehead atoms. The Kier molecular flexibility index (Phi) is 12.0. The number of benzene rings is 2. The van der Waals surface area contributed by atoms with E-state index in [4.69, 9.17) is 21.0 Å². The average Bonchev–Trinajstić information content (AvgIpc) is 2.69. The van der Waals surface area contributed by atoms with Crippen molar-refractivity contribution in [3.05, 3.63) is 64.7 Å². The SMILES string of the molecule is CC(CCNCc1ccc(SCCCCCc2ccccc2)c(Cl)c1)O[PH](=O)O. The third kappa shape index (κ3) is 10.7. The van der Waals surface area contributed by atoms with Gasteiger partial charge in [0.25, 0.3) is 0 Å². The van der Waals surface area contributed by atoms with Crippen molar-refractivity contribution in [3.8, 4) is 0 Å². The molecule has 2 rings (SSSR count). The highest BCUT2D eigenvalue weighted by molar-refractivity contribution is 7.99. The molecular weight excluding hydrogens is 425 g/mol. The van der Waals surface area contributed by atoms with Crippen LogP contribution in [0.1, 0.15) is 43.7 Å². The maximum Gasteiger partial charge on any atom is 0.316 e. The molecule has 29 heavy (non-hydrogen) atoms. The highest BCUT2D eigenvalue weighted by Crippen LogP contribution is 2.29. The maximum absolute atomic E-state index is 10.6. The fraction of sp³-hybridized carbons (Fsp3) is 0.455. The number of nitrogens with one attached hydrogen (secondary N) is 1. The normalized spacial score (nSPS) is 13.3. The van der Waals surface area contributed by atoms with Crippen molar-refractivity contribution in [2.45, 2.75) is 56.6 Å². The van der Waals surface area contributed by atoms with Gasteiger partial charge in [-0.05, 0) is 68.2 Å². The van der Waals surface area contributed by atoms with Gasteiger partial charge in [0.15, 0.2) is 0 Å². The van der Waals surface area contributed by atoms with E-state index in [-0.39, 0.29) is 6.10 Å². The molecule has 2 N–H and O–H groups in total. The zero-order chi connectivity index (χ0) is 20.9. The summed E-state index contributed by atoms with van der Waals surface area (Å²) < 4.78 is 15.5. The zero-order valence-corrected chi connectivity index (χ0v) is 19.5. The Hall–Kier alpha value is -0.810. The number of unbranched alkanes of at least 4 members (excludes halogenated alkanes) is 2. The molecule has 0 spiro atoms. The lowest BCUT2D eigenvalue weighted by Gasteiger charge is -2.11. The summed E-state index contributed by atoms with van der Waals surface area (Å²) in [6.45, 7) is 3.23. The van der Waals surface area contributed by atoms with Crippen LogP contribution in [0.5, 0.6) is 0 Å². The first kappa shape index (κ1) is 24.5. The lowest BCUT2D eigenvalue weighted by Crippen LogP contribution is -2.19. The van der Waals surface area contributed by atoms with Crippen LogP contribution in [0.25, 0.3) is 0 Å². The number of aryl methyl sites for hydroxylation is 1. The number of halogens is 1. The van der Waals surface area contributed by atoms with E-state index >= 15 is 0 Å². The molecule has 0 aromatic heterocycles. The van der Waals surface area contributed by atoms with Crippen molar-refractivity contribution < 1.29 is 14.0 Å². The molecule has 160 valence electrons. The van der Waals surface area contributed by atoms with E-state index < -0.39 is 8.25 Å². The van der Waals surface area contributed by atoms with Gasteiger partial charge in [0.1, 0.15) is 0 Å². The minimum Gasteiger partial charge on any atom is -0.326 e. The first-order chi connectivity index (χ1) is 14.0. The van der Waals surface area contributed by atoms with Crippen molar-refractivity contribution in [3.63, 3.8) is 0 Å². The molecule has 0 aliphatic rings. The van der Waals surface area contributed by atoms with Crippen LogP contribution in [0.15, 0.2) is 53.4 Å². The van der Waals surface area contributed by atoms with Gasteiger partial charge in [0, 0.05) is 11.4 Å². The Bertz CT molecular complexity index is 748. The van der Waals surface area contributed by atoms with E-state index in [2.05, 4.69) is 47.8 Å². The van der Waals surface area contributed by atoms with Crippen molar-refractivity contribution >= 4 is 31.6 Å². The summed E-state index contributed by atoms with van der Waals surface area (Å²) >= 11 is 8.26. The van der Waals surface area contributed by atoms with Gasteiger partial charge in [-0.3, -0.25) is 4.57 Å². The van der Waals surface area contributed by atoms with Crippen LogP contribution in [0.2, 0.25) is 5.02 Å². The molecule has 0 fully saturated rings. The van der Waals surface area contributed by atoms with Crippen molar-refractivity contribution in [2.75, 3.05) is 12.3 Å². The fourth-order valence-electron chi connectivity index (χ4n) is 2.98. The summed E-state index contributed by atoms with van der Waals surface area (Å²) in [5.41, 5.74) is 2.55. The monoisotopic (exact) mass is 455 g/mol. The second kappa shape index (κ2) is 14.2. The summed E-state index contributed by atoms with van der Waals surface area (Å²) in [5.74, 6) is 1.08. The fourth-order valence-corrected chi connectivity index (χ4v) is 4.73. The predicted octanol–water partition coefficient (Wildman–Crippen LogP) is 6.11. The number of hydrogen-bond acceptors (Lipinski definition) is 4. The van der Waals surface area contributed by atoms with Crippen molar-refractivity contribution in [1.29, 1.82) is 0 Å². The second-order valence-electron chi connectivity index (χ2n) is 7.07. The quantitative estimate of drug-likeness (QED) is 0.204. The van der Waals surface area contributed by atoms with Gasteiger partial charge in [0.2, 0.25) is 0 Å². The van der Waals surface area contributed by atoms with E-state index in [0.717, 1.165) is 27.7 Å². The lowest BCUT2D eigenvalue weighted by atomic mass is 10.1.